The van der Waals surface area contributed by atoms with Crippen LogP contribution in [0.5, 0.6) is 0 Å². The van der Waals surface area contributed by atoms with Crippen LogP contribution in [0, 0.1) is 5.82 Å². The van der Waals surface area contributed by atoms with E-state index >= 15 is 0 Å². The second kappa shape index (κ2) is 9.14. The van der Waals surface area contributed by atoms with Gasteiger partial charge in [0.15, 0.2) is 8.32 Å². The van der Waals surface area contributed by atoms with Crippen molar-refractivity contribution in [3.63, 3.8) is 0 Å². The molecule has 0 fully saturated rings. The number of alkyl carbamates (subject to hydrolysis) is 1. The Labute approximate surface area is 176 Å². The molecule has 1 rings (SSSR count). The summed E-state index contributed by atoms with van der Waals surface area (Å²) in [6, 6.07) is 6.35. The van der Waals surface area contributed by atoms with Gasteiger partial charge in [0.1, 0.15) is 17.5 Å². The molecule has 0 bridgehead atoms. The predicted octanol–water partition coefficient (Wildman–Crippen LogP) is 5.60. The Kier molecular flexibility index (Phi) is 8.07. The van der Waals surface area contributed by atoms with E-state index in [1.165, 1.54) is 13.2 Å². The first-order valence-electron chi connectivity index (χ1n) is 9.96. The summed E-state index contributed by atoms with van der Waals surface area (Å²) in [5.41, 5.74) is -1.55. The van der Waals surface area contributed by atoms with Crippen molar-refractivity contribution < 1.29 is 23.1 Å². The number of benzene rings is 1. The number of rotatable bonds is 7. The van der Waals surface area contributed by atoms with Crippen molar-refractivity contribution in [3.05, 3.63) is 35.6 Å². The molecule has 0 heterocycles. The zero-order chi connectivity index (χ0) is 22.7. The number of hydrogen-bond acceptors (Lipinski definition) is 4. The van der Waals surface area contributed by atoms with E-state index < -0.39 is 37.5 Å². The van der Waals surface area contributed by atoms with Crippen molar-refractivity contribution >= 4 is 14.4 Å². The lowest BCUT2D eigenvalue weighted by molar-refractivity contribution is -0.0209. The van der Waals surface area contributed by atoms with Crippen molar-refractivity contribution in [1.29, 1.82) is 0 Å². The Hall–Kier alpha value is -1.44. The fourth-order valence-corrected chi connectivity index (χ4v) is 3.69. The van der Waals surface area contributed by atoms with Gasteiger partial charge in [-0.25, -0.2) is 9.18 Å². The number of amides is 1. The van der Waals surface area contributed by atoms with Crippen molar-refractivity contribution in [1.82, 2.24) is 5.32 Å². The van der Waals surface area contributed by atoms with Crippen LogP contribution in [0.15, 0.2) is 24.3 Å². The third-order valence-electron chi connectivity index (χ3n) is 5.52. The maximum Gasteiger partial charge on any atom is 0.408 e. The summed E-state index contributed by atoms with van der Waals surface area (Å²) in [4.78, 5) is 12.6. The summed E-state index contributed by atoms with van der Waals surface area (Å²) < 4.78 is 32.2. The Morgan fingerprint density at radius 3 is 2.10 bits per heavy atom. The predicted molar refractivity (Wildman–Crippen MR) is 117 cm³/mol. The molecule has 166 valence electrons. The number of nitrogens with one attached hydrogen (secondary N) is 1. The van der Waals surface area contributed by atoms with Crippen molar-refractivity contribution in [2.24, 2.45) is 0 Å². The molecule has 5 nitrogen and oxygen atoms in total. The molecular formula is C22H38FNO4Si. The zero-order valence-corrected chi connectivity index (χ0v) is 20.6. The Morgan fingerprint density at radius 1 is 1.10 bits per heavy atom. The van der Waals surface area contributed by atoms with Crippen LogP contribution in [-0.2, 0) is 19.4 Å². The third kappa shape index (κ3) is 6.79. The van der Waals surface area contributed by atoms with E-state index in [1.54, 1.807) is 45.9 Å². The largest absolute Gasteiger partial charge is 0.444 e. The van der Waals surface area contributed by atoms with E-state index in [4.69, 9.17) is 13.9 Å². The van der Waals surface area contributed by atoms with Gasteiger partial charge in [0, 0.05) is 12.7 Å². The minimum absolute atomic E-state index is 0.0122. The Bertz CT molecular complexity index is 697. The molecule has 1 amide bonds. The van der Waals surface area contributed by atoms with Crippen molar-refractivity contribution in [2.45, 2.75) is 83.8 Å². The summed E-state index contributed by atoms with van der Waals surface area (Å²) in [5, 5.41) is 2.85. The van der Waals surface area contributed by atoms with Crippen molar-refractivity contribution in [2.75, 3.05) is 13.7 Å². The van der Waals surface area contributed by atoms with E-state index in [-0.39, 0.29) is 11.6 Å². The van der Waals surface area contributed by atoms with Crippen LogP contribution in [0.3, 0.4) is 0 Å². The van der Waals surface area contributed by atoms with Gasteiger partial charge in [-0.1, -0.05) is 39.0 Å². The van der Waals surface area contributed by atoms with E-state index in [9.17, 15) is 9.18 Å². The molecule has 1 unspecified atom stereocenters. The molecule has 0 radical (unpaired) electrons. The van der Waals surface area contributed by atoms with Gasteiger partial charge in [-0.3, -0.25) is 0 Å². The molecule has 2 atom stereocenters. The van der Waals surface area contributed by atoms with Crippen LogP contribution < -0.4 is 5.32 Å². The molecule has 7 heteroatoms. The van der Waals surface area contributed by atoms with Crippen LogP contribution in [-0.4, -0.2) is 39.8 Å². The summed E-state index contributed by atoms with van der Waals surface area (Å²) in [7, 11) is -0.536. The minimum atomic E-state index is -2.07. The lowest BCUT2D eigenvalue weighted by Crippen LogP contribution is -2.57. The topological polar surface area (TPSA) is 56.8 Å². The average Bonchev–Trinajstić information content (AvgIpc) is 2.52. The maximum absolute atomic E-state index is 14.8. The standard InChI is InChI=1S/C22H38FNO4Si/c1-20(2,3)28-19(25)24-22(7,16-13-11-12-14-17(16)23)18(26-8)15-27-29(9,10)21(4,5)6/h11-14,18H,15H2,1-10H3,(H,24,25)/t18?,22-/m1/s1. The molecule has 0 spiro atoms. The van der Waals surface area contributed by atoms with Crippen LogP contribution >= 0.6 is 0 Å². The van der Waals surface area contributed by atoms with Crippen LogP contribution in [0.2, 0.25) is 18.1 Å². The second-order valence-electron chi connectivity index (χ2n) is 10.1. The summed E-state index contributed by atoms with van der Waals surface area (Å²) >= 11 is 0. The highest BCUT2D eigenvalue weighted by molar-refractivity contribution is 6.74. The Morgan fingerprint density at radius 2 is 1.66 bits per heavy atom. The van der Waals surface area contributed by atoms with E-state index in [0.717, 1.165) is 0 Å². The van der Waals surface area contributed by atoms with Gasteiger partial charge in [-0.2, -0.15) is 0 Å². The van der Waals surface area contributed by atoms with Crippen LogP contribution in [0.1, 0.15) is 54.0 Å². The average molecular weight is 428 g/mol. The maximum atomic E-state index is 14.8. The summed E-state index contributed by atoms with van der Waals surface area (Å²) in [5.74, 6) is -0.430. The molecule has 0 saturated heterocycles. The number of halogens is 1. The smallest absolute Gasteiger partial charge is 0.408 e. The fourth-order valence-electron chi connectivity index (χ4n) is 2.69. The Balaban J connectivity index is 3.27. The summed E-state index contributed by atoms with van der Waals surface area (Å²) in [6.07, 6.45) is -1.27. The highest BCUT2D eigenvalue weighted by atomic mass is 28.4. The highest BCUT2D eigenvalue weighted by Crippen LogP contribution is 2.38. The van der Waals surface area contributed by atoms with Gasteiger partial charge >= 0.3 is 6.09 Å². The summed E-state index contributed by atoms with van der Waals surface area (Å²) in [6.45, 7) is 18.0. The molecule has 0 saturated carbocycles. The molecular weight excluding hydrogens is 389 g/mol. The van der Waals surface area contributed by atoms with Crippen LogP contribution in [0.25, 0.3) is 0 Å². The van der Waals surface area contributed by atoms with Gasteiger partial charge in [0.2, 0.25) is 0 Å². The molecule has 0 aliphatic heterocycles. The van der Waals surface area contributed by atoms with Gasteiger partial charge in [-0.15, -0.1) is 0 Å². The van der Waals surface area contributed by atoms with Gasteiger partial charge in [-0.05, 0) is 51.9 Å². The highest BCUT2D eigenvalue weighted by Gasteiger charge is 2.44. The first-order valence-corrected chi connectivity index (χ1v) is 12.9. The number of ether oxygens (including phenoxy) is 2. The fraction of sp³-hybridized carbons (Fsp3) is 0.682. The first-order chi connectivity index (χ1) is 13.0. The van der Waals surface area contributed by atoms with Gasteiger partial charge in [0.05, 0.1) is 12.1 Å². The zero-order valence-electron chi connectivity index (χ0n) is 19.6. The monoisotopic (exact) mass is 427 g/mol. The van der Waals surface area contributed by atoms with E-state index in [2.05, 4.69) is 39.2 Å². The number of carbonyl (C=O) groups is 1. The lowest BCUT2D eigenvalue weighted by atomic mass is 9.86. The van der Waals surface area contributed by atoms with Gasteiger partial charge in [0.25, 0.3) is 0 Å². The molecule has 29 heavy (non-hydrogen) atoms. The lowest BCUT2D eigenvalue weighted by Gasteiger charge is -2.42. The second-order valence-corrected chi connectivity index (χ2v) is 14.9. The van der Waals surface area contributed by atoms with Crippen LogP contribution in [0.4, 0.5) is 9.18 Å². The number of carbonyl (C=O) groups excluding carboxylic acids is 1. The van der Waals surface area contributed by atoms with E-state index in [1.807, 2.05) is 0 Å². The molecule has 1 aromatic rings. The van der Waals surface area contributed by atoms with Gasteiger partial charge < -0.3 is 19.2 Å². The SMILES string of the molecule is COC(CO[Si](C)(C)C(C)(C)C)[C@](C)(NC(=O)OC(C)(C)C)c1ccccc1F. The normalized spacial score (nSPS) is 16.1. The number of methoxy groups -OCH3 is 1. The molecule has 0 aromatic heterocycles. The first kappa shape index (κ1) is 25.6. The molecule has 0 aliphatic rings. The molecule has 1 N–H and O–H groups in total. The quantitative estimate of drug-likeness (QED) is 0.575. The van der Waals surface area contributed by atoms with Crippen molar-refractivity contribution in [3.8, 4) is 0 Å². The third-order valence-corrected chi connectivity index (χ3v) is 10.0. The molecule has 1 aromatic carbocycles. The minimum Gasteiger partial charge on any atom is -0.444 e. The van der Waals surface area contributed by atoms with E-state index in [0.29, 0.717) is 5.56 Å². The molecule has 0 aliphatic carbocycles. The number of hydrogen-bond donors (Lipinski definition) is 1.